The van der Waals surface area contributed by atoms with E-state index in [1.54, 1.807) is 6.92 Å². The molecule has 2 aromatic heterocycles. The average Bonchev–Trinajstić information content (AvgIpc) is 2.97. The van der Waals surface area contributed by atoms with Crippen molar-refractivity contribution in [2.75, 3.05) is 18.0 Å². The average molecular weight is 297 g/mol. The molecule has 2 aliphatic rings. The molecule has 6 heteroatoms. The number of rotatable bonds is 1. The molecule has 0 bridgehead atoms. The number of carbonyl (C=O) groups excluding carboxylic acids is 1. The van der Waals surface area contributed by atoms with Crippen LogP contribution in [0.5, 0.6) is 0 Å². The second-order valence-corrected chi connectivity index (χ2v) is 5.92. The van der Waals surface area contributed by atoms with E-state index >= 15 is 0 Å². The zero-order chi connectivity index (χ0) is 15.1. The van der Waals surface area contributed by atoms with Gasteiger partial charge in [0.15, 0.2) is 5.82 Å². The molecule has 0 aliphatic carbocycles. The third-order valence-corrected chi connectivity index (χ3v) is 4.56. The van der Waals surface area contributed by atoms with Crippen LogP contribution in [0, 0.1) is 0 Å². The molecular formula is C16H19N5O. The molecule has 2 aromatic rings. The van der Waals surface area contributed by atoms with Crippen molar-refractivity contribution < 1.29 is 4.79 Å². The summed E-state index contributed by atoms with van der Waals surface area (Å²) >= 11 is 0. The molecule has 0 spiro atoms. The van der Waals surface area contributed by atoms with Crippen LogP contribution in [0.3, 0.4) is 0 Å². The summed E-state index contributed by atoms with van der Waals surface area (Å²) < 4.78 is 0. The Morgan fingerprint density at radius 2 is 2.23 bits per heavy atom. The van der Waals surface area contributed by atoms with Crippen molar-refractivity contribution in [3.63, 3.8) is 0 Å². The maximum absolute atomic E-state index is 11.7. The minimum Gasteiger partial charge on any atom is -0.338 e. The number of carbonyl (C=O) groups is 1. The standard InChI is InChI=1S/C16H19N5O/c1-11(22)20-9-6-13-12(10-20)16(19-18-13)21-8-3-4-14-15(21)5-2-7-17-14/h2,5,7H,3-4,6,8-10H2,1H3,(H,18,19). The Balaban J connectivity index is 1.74. The lowest BCUT2D eigenvalue weighted by molar-refractivity contribution is -0.129. The van der Waals surface area contributed by atoms with Gasteiger partial charge in [0, 0.05) is 43.9 Å². The molecule has 0 aromatic carbocycles. The molecule has 4 heterocycles. The Kier molecular flexibility index (Phi) is 3.10. The summed E-state index contributed by atoms with van der Waals surface area (Å²) in [5, 5.41) is 7.71. The zero-order valence-electron chi connectivity index (χ0n) is 12.7. The smallest absolute Gasteiger partial charge is 0.219 e. The Labute approximate surface area is 129 Å². The number of pyridine rings is 1. The lowest BCUT2D eigenvalue weighted by atomic mass is 10.0. The van der Waals surface area contributed by atoms with E-state index in [1.807, 2.05) is 17.2 Å². The molecule has 0 fully saturated rings. The summed E-state index contributed by atoms with van der Waals surface area (Å²) in [6.45, 7) is 3.98. The number of hydrogen-bond donors (Lipinski definition) is 1. The number of aryl methyl sites for hydroxylation is 1. The number of hydrogen-bond acceptors (Lipinski definition) is 4. The molecule has 4 rings (SSSR count). The first-order valence-electron chi connectivity index (χ1n) is 7.77. The summed E-state index contributed by atoms with van der Waals surface area (Å²) in [6, 6.07) is 4.08. The van der Waals surface area contributed by atoms with Crippen LogP contribution in [0.4, 0.5) is 11.5 Å². The first-order valence-corrected chi connectivity index (χ1v) is 7.77. The number of nitrogens with one attached hydrogen (secondary N) is 1. The fourth-order valence-corrected chi connectivity index (χ4v) is 3.38. The molecule has 0 radical (unpaired) electrons. The van der Waals surface area contributed by atoms with E-state index in [2.05, 4.69) is 26.1 Å². The summed E-state index contributed by atoms with van der Waals surface area (Å²) in [5.41, 5.74) is 4.58. The van der Waals surface area contributed by atoms with Crippen molar-refractivity contribution >= 4 is 17.4 Å². The van der Waals surface area contributed by atoms with Crippen LogP contribution in [-0.4, -0.2) is 39.1 Å². The number of aromatic amines is 1. The van der Waals surface area contributed by atoms with Crippen LogP contribution in [0.1, 0.15) is 30.3 Å². The SMILES string of the molecule is CC(=O)N1CCc2[nH]nc(N3CCCc4ncccc43)c2C1. The highest BCUT2D eigenvalue weighted by atomic mass is 16.2. The number of aromatic nitrogens is 3. The van der Waals surface area contributed by atoms with Crippen LogP contribution < -0.4 is 4.90 Å². The molecule has 114 valence electrons. The van der Waals surface area contributed by atoms with Crippen LogP contribution in [0.15, 0.2) is 18.3 Å². The topological polar surface area (TPSA) is 65.1 Å². The lowest BCUT2D eigenvalue weighted by Gasteiger charge is -2.31. The van der Waals surface area contributed by atoms with E-state index in [1.165, 1.54) is 0 Å². The van der Waals surface area contributed by atoms with E-state index in [0.717, 1.165) is 60.8 Å². The minimum absolute atomic E-state index is 0.124. The Morgan fingerprint density at radius 1 is 1.32 bits per heavy atom. The monoisotopic (exact) mass is 297 g/mol. The molecule has 1 amide bonds. The van der Waals surface area contributed by atoms with Crippen molar-refractivity contribution in [2.45, 2.75) is 32.7 Å². The maximum atomic E-state index is 11.7. The predicted molar refractivity (Wildman–Crippen MR) is 82.9 cm³/mol. The molecule has 0 saturated carbocycles. The molecule has 22 heavy (non-hydrogen) atoms. The Morgan fingerprint density at radius 3 is 3.09 bits per heavy atom. The van der Waals surface area contributed by atoms with Crippen molar-refractivity contribution in [1.82, 2.24) is 20.1 Å². The second kappa shape index (κ2) is 5.12. The number of H-pyrrole nitrogens is 1. The van der Waals surface area contributed by atoms with Gasteiger partial charge in [0.05, 0.1) is 17.9 Å². The van der Waals surface area contributed by atoms with E-state index in [-0.39, 0.29) is 5.91 Å². The molecule has 6 nitrogen and oxygen atoms in total. The number of fused-ring (bicyclic) bond motifs is 2. The first kappa shape index (κ1) is 13.3. The van der Waals surface area contributed by atoms with Gasteiger partial charge in [-0.05, 0) is 25.0 Å². The fourth-order valence-electron chi connectivity index (χ4n) is 3.38. The fraction of sp³-hybridized carbons (Fsp3) is 0.438. The van der Waals surface area contributed by atoms with Gasteiger partial charge in [-0.2, -0.15) is 5.10 Å². The molecule has 0 unspecified atom stereocenters. The zero-order valence-corrected chi connectivity index (χ0v) is 12.7. The van der Waals surface area contributed by atoms with Crippen molar-refractivity contribution in [3.05, 3.63) is 35.3 Å². The highest BCUT2D eigenvalue weighted by molar-refractivity contribution is 5.74. The van der Waals surface area contributed by atoms with E-state index in [4.69, 9.17) is 0 Å². The van der Waals surface area contributed by atoms with Crippen molar-refractivity contribution in [1.29, 1.82) is 0 Å². The van der Waals surface area contributed by atoms with Gasteiger partial charge in [0.25, 0.3) is 0 Å². The van der Waals surface area contributed by atoms with Gasteiger partial charge in [-0.1, -0.05) is 0 Å². The number of nitrogens with zero attached hydrogens (tertiary/aromatic N) is 4. The van der Waals surface area contributed by atoms with Gasteiger partial charge in [-0.15, -0.1) is 0 Å². The molecular weight excluding hydrogens is 278 g/mol. The van der Waals surface area contributed by atoms with Crippen molar-refractivity contribution in [3.8, 4) is 0 Å². The predicted octanol–water partition coefficient (Wildman–Crippen LogP) is 1.79. The van der Waals surface area contributed by atoms with Crippen LogP contribution in [0.25, 0.3) is 0 Å². The normalized spacial score (nSPS) is 17.1. The number of amides is 1. The second-order valence-electron chi connectivity index (χ2n) is 5.92. The van der Waals surface area contributed by atoms with E-state index < -0.39 is 0 Å². The first-order chi connectivity index (χ1) is 10.7. The van der Waals surface area contributed by atoms with Crippen LogP contribution in [0.2, 0.25) is 0 Å². The third kappa shape index (κ3) is 2.06. The summed E-state index contributed by atoms with van der Waals surface area (Å²) in [4.78, 5) is 20.3. The third-order valence-electron chi connectivity index (χ3n) is 4.56. The maximum Gasteiger partial charge on any atom is 0.219 e. The number of anilines is 2. The van der Waals surface area contributed by atoms with Gasteiger partial charge >= 0.3 is 0 Å². The molecule has 2 aliphatic heterocycles. The quantitative estimate of drug-likeness (QED) is 0.871. The van der Waals surface area contributed by atoms with Gasteiger partial charge in [-0.25, -0.2) is 0 Å². The highest BCUT2D eigenvalue weighted by Crippen LogP contribution is 2.35. The van der Waals surface area contributed by atoms with Gasteiger partial charge < -0.3 is 9.80 Å². The molecule has 0 saturated heterocycles. The van der Waals surface area contributed by atoms with Crippen LogP contribution in [-0.2, 0) is 24.2 Å². The summed E-state index contributed by atoms with van der Waals surface area (Å²) in [6.07, 6.45) is 4.77. The Bertz CT molecular complexity index is 723. The minimum atomic E-state index is 0.124. The lowest BCUT2D eigenvalue weighted by Crippen LogP contribution is -2.35. The Hall–Kier alpha value is -2.37. The van der Waals surface area contributed by atoms with Gasteiger partial charge in [0.2, 0.25) is 5.91 Å². The molecule has 1 N–H and O–H groups in total. The summed E-state index contributed by atoms with van der Waals surface area (Å²) in [5.74, 6) is 1.08. The molecule has 0 atom stereocenters. The van der Waals surface area contributed by atoms with E-state index in [0.29, 0.717) is 6.54 Å². The van der Waals surface area contributed by atoms with Gasteiger partial charge in [0.1, 0.15) is 0 Å². The van der Waals surface area contributed by atoms with Gasteiger partial charge in [-0.3, -0.25) is 14.9 Å². The summed E-state index contributed by atoms with van der Waals surface area (Å²) in [7, 11) is 0. The van der Waals surface area contributed by atoms with Crippen molar-refractivity contribution in [2.24, 2.45) is 0 Å². The van der Waals surface area contributed by atoms with Crippen LogP contribution >= 0.6 is 0 Å². The van der Waals surface area contributed by atoms with E-state index in [9.17, 15) is 4.79 Å². The highest BCUT2D eigenvalue weighted by Gasteiger charge is 2.28. The largest absolute Gasteiger partial charge is 0.338 e.